The highest BCUT2D eigenvalue weighted by molar-refractivity contribution is 5.85. The number of carbonyl (C=O) groups excluding carboxylic acids is 1. The highest BCUT2D eigenvalue weighted by Crippen LogP contribution is 2.38. The van der Waals surface area contributed by atoms with Gasteiger partial charge in [-0.2, -0.15) is 5.10 Å². The number of nitrogens with one attached hydrogen (secondary N) is 1. The maximum Gasteiger partial charge on any atom is 0.237 e. The Labute approximate surface area is 120 Å². The minimum Gasteiger partial charge on any atom is -0.368 e. The quantitative estimate of drug-likeness (QED) is 0.812. The fraction of sp³-hybridized carbons (Fsp3) is 0.786. The Bertz CT molecular complexity index is 484. The van der Waals surface area contributed by atoms with Gasteiger partial charge in [-0.1, -0.05) is 20.8 Å². The Kier molecular flexibility index (Phi) is 4.42. The van der Waals surface area contributed by atoms with Gasteiger partial charge in [0.15, 0.2) is 5.82 Å². The predicted octanol–water partition coefficient (Wildman–Crippen LogP) is 0.961. The summed E-state index contributed by atoms with van der Waals surface area (Å²) in [7, 11) is 0. The van der Waals surface area contributed by atoms with Crippen LogP contribution in [0.25, 0.3) is 0 Å². The van der Waals surface area contributed by atoms with Crippen LogP contribution in [0.3, 0.4) is 0 Å². The van der Waals surface area contributed by atoms with Crippen LogP contribution in [-0.2, 0) is 17.6 Å². The molecule has 2 rings (SSSR count). The molecule has 3 N–H and O–H groups in total. The molecule has 2 atom stereocenters. The van der Waals surface area contributed by atoms with Crippen molar-refractivity contribution < 1.29 is 4.79 Å². The summed E-state index contributed by atoms with van der Waals surface area (Å²) >= 11 is 0. The molecule has 6 nitrogen and oxygen atoms in total. The van der Waals surface area contributed by atoms with Gasteiger partial charge >= 0.3 is 0 Å². The summed E-state index contributed by atoms with van der Waals surface area (Å²) in [4.78, 5) is 16.4. The summed E-state index contributed by atoms with van der Waals surface area (Å²) in [6.07, 6.45) is 4.08. The molecule has 2 unspecified atom stereocenters. The normalized spacial score (nSPS) is 26.1. The smallest absolute Gasteiger partial charge is 0.237 e. The lowest BCUT2D eigenvalue weighted by molar-refractivity contribution is -0.124. The Balaban J connectivity index is 2.23. The lowest BCUT2D eigenvalue weighted by atomic mass is 9.96. The Hall–Kier alpha value is -1.43. The van der Waals surface area contributed by atoms with Crippen molar-refractivity contribution in [1.82, 2.24) is 20.1 Å². The van der Waals surface area contributed by atoms with Gasteiger partial charge in [-0.25, -0.2) is 9.67 Å². The van der Waals surface area contributed by atoms with Crippen LogP contribution < -0.4 is 11.1 Å². The summed E-state index contributed by atoms with van der Waals surface area (Å²) in [5.74, 6) is 1.63. The molecule has 0 bridgehead atoms. The van der Waals surface area contributed by atoms with Crippen LogP contribution in [0, 0.1) is 0 Å². The van der Waals surface area contributed by atoms with Crippen molar-refractivity contribution >= 4 is 5.91 Å². The van der Waals surface area contributed by atoms with Crippen LogP contribution in [0.2, 0.25) is 0 Å². The van der Waals surface area contributed by atoms with Gasteiger partial charge in [0.25, 0.3) is 0 Å². The van der Waals surface area contributed by atoms with E-state index in [2.05, 4.69) is 29.2 Å². The largest absolute Gasteiger partial charge is 0.368 e. The van der Waals surface area contributed by atoms with Crippen molar-refractivity contribution in [2.45, 2.75) is 64.5 Å². The molecule has 6 heteroatoms. The number of nitrogens with two attached hydrogens (primary N) is 1. The number of hydrogen-bond donors (Lipinski definition) is 2. The molecule has 1 amide bonds. The van der Waals surface area contributed by atoms with Crippen LogP contribution in [0.4, 0.5) is 0 Å². The molecule has 0 aliphatic heterocycles. The van der Waals surface area contributed by atoms with Crippen LogP contribution in [0.15, 0.2) is 0 Å². The van der Waals surface area contributed by atoms with E-state index in [1.807, 2.05) is 11.6 Å². The summed E-state index contributed by atoms with van der Waals surface area (Å²) in [5.41, 5.74) is 5.03. The third-order valence-corrected chi connectivity index (χ3v) is 4.20. The van der Waals surface area contributed by atoms with Crippen molar-refractivity contribution in [3.63, 3.8) is 0 Å². The van der Waals surface area contributed by atoms with Crippen LogP contribution in [0.5, 0.6) is 0 Å². The second-order valence-corrected chi connectivity index (χ2v) is 5.47. The maximum atomic E-state index is 11.8. The van der Waals surface area contributed by atoms with E-state index in [0.717, 1.165) is 43.9 Å². The second-order valence-electron chi connectivity index (χ2n) is 5.47. The predicted molar refractivity (Wildman–Crippen MR) is 77.3 cm³/mol. The monoisotopic (exact) mass is 279 g/mol. The topological polar surface area (TPSA) is 85.8 Å². The maximum absolute atomic E-state index is 11.8. The molecular weight excluding hydrogens is 254 g/mol. The molecule has 1 aromatic heterocycles. The number of aryl methyl sites for hydroxylation is 2. The van der Waals surface area contributed by atoms with Gasteiger partial charge in [-0.05, 0) is 25.8 Å². The standard InChI is InChI=1S/C14H25N5O/c1-4-11-17-12(5-2)19(18-11)10-7-8-14(9-10,13(15)20)16-6-3/h10,16H,4-9H2,1-3H3,(H2,15,20). The summed E-state index contributed by atoms with van der Waals surface area (Å²) < 4.78 is 2.01. The molecule has 1 aliphatic carbocycles. The molecular formula is C14H25N5O. The van der Waals surface area contributed by atoms with Gasteiger partial charge in [0.2, 0.25) is 5.91 Å². The van der Waals surface area contributed by atoms with Gasteiger partial charge in [-0.15, -0.1) is 0 Å². The zero-order valence-corrected chi connectivity index (χ0v) is 12.6. The number of likely N-dealkylation sites (N-methyl/N-ethyl adjacent to an activating group) is 1. The number of carbonyl (C=O) groups is 1. The van der Waals surface area contributed by atoms with Gasteiger partial charge < -0.3 is 11.1 Å². The van der Waals surface area contributed by atoms with E-state index in [0.29, 0.717) is 6.42 Å². The van der Waals surface area contributed by atoms with E-state index in [1.54, 1.807) is 0 Å². The molecule has 0 aromatic carbocycles. The van der Waals surface area contributed by atoms with Gasteiger partial charge in [-0.3, -0.25) is 4.79 Å². The number of nitrogens with zero attached hydrogens (tertiary/aromatic N) is 3. The molecule has 1 fully saturated rings. The van der Waals surface area contributed by atoms with E-state index in [1.165, 1.54) is 0 Å². The molecule has 0 saturated heterocycles. The third-order valence-electron chi connectivity index (χ3n) is 4.20. The Morgan fingerprint density at radius 3 is 2.75 bits per heavy atom. The van der Waals surface area contributed by atoms with E-state index in [4.69, 9.17) is 5.73 Å². The van der Waals surface area contributed by atoms with E-state index >= 15 is 0 Å². The first kappa shape index (κ1) is 15.0. The first-order chi connectivity index (χ1) is 9.56. The fourth-order valence-corrected chi connectivity index (χ4v) is 3.13. The molecule has 0 spiro atoms. The number of amides is 1. The lowest BCUT2D eigenvalue weighted by Gasteiger charge is -2.26. The average Bonchev–Trinajstić information content (AvgIpc) is 3.03. The lowest BCUT2D eigenvalue weighted by Crippen LogP contribution is -2.53. The molecule has 112 valence electrons. The Morgan fingerprint density at radius 1 is 1.45 bits per heavy atom. The minimum absolute atomic E-state index is 0.212. The summed E-state index contributed by atoms with van der Waals surface area (Å²) in [6.45, 7) is 6.88. The van der Waals surface area contributed by atoms with Crippen LogP contribution in [0.1, 0.15) is 57.7 Å². The molecule has 0 radical (unpaired) electrons. The zero-order chi connectivity index (χ0) is 14.8. The highest BCUT2D eigenvalue weighted by Gasteiger charge is 2.44. The van der Waals surface area contributed by atoms with Crippen LogP contribution in [-0.4, -0.2) is 32.8 Å². The molecule has 1 aromatic rings. The van der Waals surface area contributed by atoms with Crippen molar-refractivity contribution in [2.24, 2.45) is 5.73 Å². The van der Waals surface area contributed by atoms with Gasteiger partial charge in [0.1, 0.15) is 5.82 Å². The third kappa shape index (κ3) is 2.57. The first-order valence-corrected chi connectivity index (χ1v) is 7.55. The highest BCUT2D eigenvalue weighted by atomic mass is 16.1. The van der Waals surface area contributed by atoms with E-state index < -0.39 is 5.54 Å². The number of primary amides is 1. The van der Waals surface area contributed by atoms with E-state index in [9.17, 15) is 4.79 Å². The molecule has 1 aliphatic rings. The molecule has 1 heterocycles. The van der Waals surface area contributed by atoms with Gasteiger partial charge in [0, 0.05) is 12.8 Å². The van der Waals surface area contributed by atoms with Gasteiger partial charge in [0.05, 0.1) is 11.6 Å². The average molecular weight is 279 g/mol. The Morgan fingerprint density at radius 2 is 2.20 bits per heavy atom. The van der Waals surface area contributed by atoms with E-state index in [-0.39, 0.29) is 11.9 Å². The minimum atomic E-state index is -0.581. The number of rotatable bonds is 6. The zero-order valence-electron chi connectivity index (χ0n) is 12.6. The van der Waals surface area contributed by atoms with Crippen molar-refractivity contribution in [1.29, 1.82) is 0 Å². The molecule has 1 saturated carbocycles. The summed E-state index contributed by atoms with van der Waals surface area (Å²) in [6, 6.07) is 0.212. The van der Waals surface area contributed by atoms with Crippen molar-refractivity contribution in [2.75, 3.05) is 6.54 Å². The summed E-state index contributed by atoms with van der Waals surface area (Å²) in [5, 5.41) is 7.87. The SMILES string of the molecule is CCNC1(C(N)=O)CCC(n2nc(CC)nc2CC)C1. The van der Waals surface area contributed by atoms with Crippen molar-refractivity contribution in [3.8, 4) is 0 Å². The number of hydrogen-bond acceptors (Lipinski definition) is 4. The second kappa shape index (κ2) is 5.91. The first-order valence-electron chi connectivity index (χ1n) is 7.55. The van der Waals surface area contributed by atoms with Crippen molar-refractivity contribution in [3.05, 3.63) is 11.6 Å². The number of aromatic nitrogens is 3. The molecule has 20 heavy (non-hydrogen) atoms. The van der Waals surface area contributed by atoms with Crippen LogP contribution >= 0.6 is 0 Å². The fourth-order valence-electron chi connectivity index (χ4n) is 3.13.